The fourth-order valence-electron chi connectivity index (χ4n) is 2.79. The highest BCUT2D eigenvalue weighted by atomic mass is 32.2. The minimum atomic E-state index is 0.0716. The summed E-state index contributed by atoms with van der Waals surface area (Å²) in [7, 11) is 1.62. The Hall–Kier alpha value is -2.32. The Kier molecular flexibility index (Phi) is 7.11. The van der Waals surface area contributed by atoms with E-state index in [-0.39, 0.29) is 5.91 Å². The number of hydrogen-bond donors (Lipinski definition) is 0. The molecule has 1 amide bonds. The van der Waals surface area contributed by atoms with Gasteiger partial charge in [-0.25, -0.2) is 9.97 Å². The van der Waals surface area contributed by atoms with Gasteiger partial charge in [-0.2, -0.15) is 0 Å². The highest BCUT2D eigenvalue weighted by Gasteiger charge is 2.16. The van der Waals surface area contributed by atoms with E-state index in [1.54, 1.807) is 24.8 Å². The number of nitrogens with zero attached hydrogens (tertiary/aromatic N) is 3. The lowest BCUT2D eigenvalue weighted by Gasteiger charge is -2.21. The molecule has 0 aliphatic heterocycles. The molecular formula is C20H23N3O3S2. The van der Waals surface area contributed by atoms with Crippen LogP contribution < -0.4 is 9.47 Å². The topological polar surface area (TPSA) is 64.5 Å². The summed E-state index contributed by atoms with van der Waals surface area (Å²) in [5.74, 6) is 1.80. The van der Waals surface area contributed by atoms with Crippen molar-refractivity contribution < 1.29 is 14.3 Å². The predicted molar refractivity (Wildman–Crippen MR) is 113 cm³/mol. The number of thiophene rings is 1. The molecule has 0 aliphatic rings. The molecule has 0 N–H and O–H groups in total. The zero-order valence-electron chi connectivity index (χ0n) is 16.2. The average Bonchev–Trinajstić information content (AvgIpc) is 3.20. The lowest BCUT2D eigenvalue weighted by atomic mass is 10.2. The minimum absolute atomic E-state index is 0.0716. The van der Waals surface area contributed by atoms with E-state index in [2.05, 4.69) is 9.97 Å². The van der Waals surface area contributed by atoms with Crippen molar-refractivity contribution in [3.8, 4) is 11.5 Å². The van der Waals surface area contributed by atoms with Gasteiger partial charge in [-0.1, -0.05) is 17.8 Å². The van der Waals surface area contributed by atoms with E-state index in [0.717, 1.165) is 20.8 Å². The summed E-state index contributed by atoms with van der Waals surface area (Å²) in [5, 5.41) is 3.84. The van der Waals surface area contributed by atoms with E-state index in [1.807, 2.05) is 48.4 Å². The van der Waals surface area contributed by atoms with Crippen LogP contribution in [0, 0.1) is 0 Å². The monoisotopic (exact) mass is 417 g/mol. The van der Waals surface area contributed by atoms with E-state index in [1.165, 1.54) is 11.8 Å². The first-order valence-corrected chi connectivity index (χ1v) is 10.9. The first-order chi connectivity index (χ1) is 13.7. The number of carbonyl (C=O) groups is 1. The second kappa shape index (κ2) is 9.75. The van der Waals surface area contributed by atoms with Crippen LogP contribution in [0.25, 0.3) is 10.2 Å². The molecule has 1 aromatic carbocycles. The number of hydrogen-bond acceptors (Lipinski definition) is 7. The fourth-order valence-corrected chi connectivity index (χ4v) is 4.47. The van der Waals surface area contributed by atoms with E-state index in [0.29, 0.717) is 36.9 Å². The summed E-state index contributed by atoms with van der Waals surface area (Å²) in [6.45, 7) is 5.65. The van der Waals surface area contributed by atoms with Crippen molar-refractivity contribution in [2.75, 3.05) is 26.0 Å². The molecule has 148 valence electrons. The van der Waals surface area contributed by atoms with Gasteiger partial charge >= 0.3 is 0 Å². The van der Waals surface area contributed by atoms with Gasteiger partial charge in [-0.3, -0.25) is 4.79 Å². The van der Waals surface area contributed by atoms with Crippen molar-refractivity contribution in [2.45, 2.75) is 25.4 Å². The second-order valence-corrected chi connectivity index (χ2v) is 7.79. The Labute approximate surface area is 172 Å². The predicted octanol–water partition coefficient (Wildman–Crippen LogP) is 4.24. The SMILES string of the molecule is CCOc1ccc(CN(CC)C(=O)CSc2ncnc3sccc23)cc1OC. The summed E-state index contributed by atoms with van der Waals surface area (Å²) in [4.78, 5) is 24.1. The number of fused-ring (bicyclic) bond motifs is 1. The molecule has 2 heterocycles. The van der Waals surface area contributed by atoms with E-state index < -0.39 is 0 Å². The van der Waals surface area contributed by atoms with Crippen LogP contribution in [0.3, 0.4) is 0 Å². The molecule has 28 heavy (non-hydrogen) atoms. The number of ether oxygens (including phenoxy) is 2. The molecule has 0 bridgehead atoms. The van der Waals surface area contributed by atoms with Crippen LogP contribution in [0.5, 0.6) is 11.5 Å². The maximum absolute atomic E-state index is 12.8. The van der Waals surface area contributed by atoms with Crippen molar-refractivity contribution in [3.05, 3.63) is 41.5 Å². The zero-order valence-corrected chi connectivity index (χ0v) is 17.8. The van der Waals surface area contributed by atoms with Crippen molar-refractivity contribution in [1.29, 1.82) is 0 Å². The smallest absolute Gasteiger partial charge is 0.233 e. The van der Waals surface area contributed by atoms with Gasteiger partial charge in [-0.05, 0) is 43.0 Å². The van der Waals surface area contributed by atoms with Crippen LogP contribution in [0.1, 0.15) is 19.4 Å². The quantitative estimate of drug-likeness (QED) is 0.383. The lowest BCUT2D eigenvalue weighted by Crippen LogP contribution is -2.31. The van der Waals surface area contributed by atoms with E-state index >= 15 is 0 Å². The molecule has 0 radical (unpaired) electrons. The maximum Gasteiger partial charge on any atom is 0.233 e. The number of amides is 1. The second-order valence-electron chi connectivity index (χ2n) is 5.93. The van der Waals surface area contributed by atoms with Crippen LogP contribution >= 0.6 is 23.1 Å². The highest BCUT2D eigenvalue weighted by molar-refractivity contribution is 8.00. The zero-order chi connectivity index (χ0) is 19.9. The molecule has 0 unspecified atom stereocenters. The van der Waals surface area contributed by atoms with Gasteiger partial charge in [0.2, 0.25) is 5.91 Å². The lowest BCUT2D eigenvalue weighted by molar-refractivity contribution is -0.128. The molecule has 0 atom stereocenters. The molecular weight excluding hydrogens is 394 g/mol. The molecule has 8 heteroatoms. The summed E-state index contributed by atoms with van der Waals surface area (Å²) >= 11 is 3.03. The molecule has 6 nitrogen and oxygen atoms in total. The van der Waals surface area contributed by atoms with E-state index in [4.69, 9.17) is 9.47 Å². The highest BCUT2D eigenvalue weighted by Crippen LogP contribution is 2.30. The molecule has 2 aromatic heterocycles. The summed E-state index contributed by atoms with van der Waals surface area (Å²) in [6, 6.07) is 7.78. The number of methoxy groups -OCH3 is 1. The van der Waals surface area contributed by atoms with Gasteiger partial charge in [-0.15, -0.1) is 11.3 Å². The van der Waals surface area contributed by atoms with Crippen LogP contribution in [-0.4, -0.2) is 46.8 Å². The third kappa shape index (κ3) is 4.74. The Morgan fingerprint density at radius 2 is 2.07 bits per heavy atom. The molecule has 3 aromatic rings. The molecule has 0 aliphatic carbocycles. The van der Waals surface area contributed by atoms with Crippen molar-refractivity contribution in [1.82, 2.24) is 14.9 Å². The minimum Gasteiger partial charge on any atom is -0.493 e. The van der Waals surface area contributed by atoms with Crippen LogP contribution in [0.2, 0.25) is 0 Å². The van der Waals surface area contributed by atoms with Crippen LogP contribution in [0.15, 0.2) is 41.0 Å². The van der Waals surface area contributed by atoms with E-state index in [9.17, 15) is 4.79 Å². The van der Waals surface area contributed by atoms with Gasteiger partial charge in [0, 0.05) is 18.5 Å². The number of rotatable bonds is 9. The van der Waals surface area contributed by atoms with Crippen LogP contribution in [-0.2, 0) is 11.3 Å². The Balaban J connectivity index is 1.66. The number of thioether (sulfide) groups is 1. The molecule has 0 saturated carbocycles. The fraction of sp³-hybridized carbons (Fsp3) is 0.350. The molecule has 0 spiro atoms. The third-order valence-electron chi connectivity index (χ3n) is 4.19. The molecule has 0 fully saturated rings. The van der Waals surface area contributed by atoms with Gasteiger partial charge in [0.05, 0.1) is 19.5 Å². The van der Waals surface area contributed by atoms with Gasteiger partial charge in [0.1, 0.15) is 16.2 Å². The van der Waals surface area contributed by atoms with Gasteiger partial charge < -0.3 is 14.4 Å². The Morgan fingerprint density at radius 3 is 2.82 bits per heavy atom. The maximum atomic E-state index is 12.8. The van der Waals surface area contributed by atoms with Crippen molar-refractivity contribution in [2.24, 2.45) is 0 Å². The van der Waals surface area contributed by atoms with Crippen molar-refractivity contribution >= 4 is 39.2 Å². The van der Waals surface area contributed by atoms with Crippen molar-refractivity contribution in [3.63, 3.8) is 0 Å². The standard InChI is InChI=1S/C20H23N3O3S2/c1-4-23(11-14-6-7-16(26-5-2)17(10-14)25-3)18(24)12-28-20-15-8-9-27-19(15)21-13-22-20/h6-10,13H,4-5,11-12H2,1-3H3. The molecule has 0 saturated heterocycles. The Bertz CT molecular complexity index is 945. The summed E-state index contributed by atoms with van der Waals surface area (Å²) in [6.07, 6.45) is 1.55. The average molecular weight is 418 g/mol. The number of benzene rings is 1. The third-order valence-corrected chi connectivity index (χ3v) is 6.00. The first kappa shape index (κ1) is 20.4. The normalized spacial score (nSPS) is 10.8. The van der Waals surface area contributed by atoms with Gasteiger partial charge in [0.25, 0.3) is 0 Å². The largest absolute Gasteiger partial charge is 0.493 e. The Morgan fingerprint density at radius 1 is 1.21 bits per heavy atom. The summed E-state index contributed by atoms with van der Waals surface area (Å²) < 4.78 is 11.0. The number of aromatic nitrogens is 2. The van der Waals surface area contributed by atoms with Gasteiger partial charge in [0.15, 0.2) is 11.5 Å². The molecule has 3 rings (SSSR count). The summed E-state index contributed by atoms with van der Waals surface area (Å²) in [5.41, 5.74) is 1.00. The number of carbonyl (C=O) groups excluding carboxylic acids is 1. The first-order valence-electron chi connectivity index (χ1n) is 9.04. The van der Waals surface area contributed by atoms with Crippen LogP contribution in [0.4, 0.5) is 0 Å².